The maximum Gasteiger partial charge on any atom is 0.223 e. The summed E-state index contributed by atoms with van der Waals surface area (Å²) in [6, 6.07) is 0. The Kier molecular flexibility index (Phi) is 3.52. The van der Waals surface area contributed by atoms with Gasteiger partial charge in [0.25, 0.3) is 0 Å². The number of hydrogen-bond acceptors (Lipinski definition) is 7. The molecule has 4 heterocycles. The van der Waals surface area contributed by atoms with Crippen LogP contribution in [0.3, 0.4) is 0 Å². The maximum atomic E-state index is 5.15. The van der Waals surface area contributed by atoms with E-state index in [2.05, 4.69) is 38.9 Å². The molecule has 1 atom stereocenters. The van der Waals surface area contributed by atoms with Crippen LogP contribution in [0.1, 0.15) is 40.9 Å². The fourth-order valence-corrected chi connectivity index (χ4v) is 4.26. The summed E-state index contributed by atoms with van der Waals surface area (Å²) >= 11 is 1.74. The highest BCUT2D eigenvalue weighted by atomic mass is 32.1. The lowest BCUT2D eigenvalue weighted by atomic mass is 9.97. The Hall–Kier alpha value is -2.02. The summed E-state index contributed by atoms with van der Waals surface area (Å²) in [5.41, 5.74) is 1.29. The SMILES string of the molecule is Cc1nc(C2CCCN(c3ncnc4sc(C)c(C)c34)C2)no1. The molecule has 23 heavy (non-hydrogen) atoms. The molecule has 0 radical (unpaired) electrons. The monoisotopic (exact) mass is 329 g/mol. The van der Waals surface area contributed by atoms with Crippen molar-refractivity contribution in [1.29, 1.82) is 0 Å². The minimum absolute atomic E-state index is 0.297. The van der Waals surface area contributed by atoms with Gasteiger partial charge in [-0.2, -0.15) is 4.98 Å². The molecule has 0 N–H and O–H groups in total. The van der Waals surface area contributed by atoms with Crippen molar-refractivity contribution in [3.8, 4) is 0 Å². The molecule has 0 amide bonds. The summed E-state index contributed by atoms with van der Waals surface area (Å²) < 4.78 is 5.15. The lowest BCUT2D eigenvalue weighted by Gasteiger charge is -2.32. The lowest BCUT2D eigenvalue weighted by molar-refractivity contribution is 0.377. The van der Waals surface area contributed by atoms with E-state index in [1.54, 1.807) is 17.7 Å². The normalized spacial score (nSPS) is 18.7. The van der Waals surface area contributed by atoms with Gasteiger partial charge in [-0.15, -0.1) is 11.3 Å². The molecule has 0 bridgehead atoms. The molecule has 1 saturated heterocycles. The number of rotatable bonds is 2. The Bertz CT molecular complexity index is 855. The fourth-order valence-electron chi connectivity index (χ4n) is 3.26. The minimum Gasteiger partial charge on any atom is -0.355 e. The maximum absolute atomic E-state index is 5.15. The molecule has 3 aromatic heterocycles. The Morgan fingerprint density at radius 3 is 2.91 bits per heavy atom. The summed E-state index contributed by atoms with van der Waals surface area (Å²) in [5.74, 6) is 2.79. The first-order chi connectivity index (χ1) is 11.1. The molecule has 1 aliphatic rings. The van der Waals surface area contributed by atoms with Crippen LogP contribution in [-0.2, 0) is 0 Å². The highest BCUT2D eigenvalue weighted by Crippen LogP contribution is 2.36. The van der Waals surface area contributed by atoms with E-state index in [0.717, 1.165) is 42.4 Å². The van der Waals surface area contributed by atoms with Crippen molar-refractivity contribution in [2.45, 2.75) is 39.5 Å². The number of piperidine rings is 1. The van der Waals surface area contributed by atoms with Crippen molar-refractivity contribution in [3.63, 3.8) is 0 Å². The predicted molar refractivity (Wildman–Crippen MR) is 90.1 cm³/mol. The van der Waals surface area contributed by atoms with Gasteiger partial charge in [-0.25, -0.2) is 9.97 Å². The molecular formula is C16H19N5OS. The number of aryl methyl sites for hydroxylation is 3. The molecule has 0 aromatic carbocycles. The molecule has 6 nitrogen and oxygen atoms in total. The predicted octanol–water partition coefficient (Wildman–Crippen LogP) is 3.38. The highest BCUT2D eigenvalue weighted by Gasteiger charge is 2.27. The van der Waals surface area contributed by atoms with E-state index >= 15 is 0 Å². The average molecular weight is 329 g/mol. The molecule has 1 unspecified atom stereocenters. The number of fused-ring (bicyclic) bond motifs is 1. The van der Waals surface area contributed by atoms with Gasteiger partial charge in [-0.05, 0) is 32.3 Å². The fraction of sp³-hybridized carbons (Fsp3) is 0.500. The molecule has 7 heteroatoms. The topological polar surface area (TPSA) is 67.9 Å². The Labute approximate surface area is 138 Å². The number of nitrogens with zero attached hydrogens (tertiary/aromatic N) is 5. The Balaban J connectivity index is 1.70. The molecule has 0 spiro atoms. The van der Waals surface area contributed by atoms with Crippen LogP contribution in [0.25, 0.3) is 10.2 Å². The van der Waals surface area contributed by atoms with Gasteiger partial charge in [-0.1, -0.05) is 5.16 Å². The first-order valence-electron chi connectivity index (χ1n) is 7.89. The summed E-state index contributed by atoms with van der Waals surface area (Å²) in [5, 5.41) is 5.30. The van der Waals surface area contributed by atoms with Crippen LogP contribution in [0.2, 0.25) is 0 Å². The van der Waals surface area contributed by atoms with Crippen LogP contribution < -0.4 is 4.90 Å². The Morgan fingerprint density at radius 1 is 1.26 bits per heavy atom. The molecule has 3 aromatic rings. The van der Waals surface area contributed by atoms with Crippen molar-refractivity contribution in [2.75, 3.05) is 18.0 Å². The molecule has 4 rings (SSSR count). The quantitative estimate of drug-likeness (QED) is 0.718. The van der Waals surface area contributed by atoms with Crippen LogP contribution >= 0.6 is 11.3 Å². The van der Waals surface area contributed by atoms with Gasteiger partial charge in [0.05, 0.1) is 5.39 Å². The van der Waals surface area contributed by atoms with Crippen LogP contribution in [0.4, 0.5) is 5.82 Å². The summed E-state index contributed by atoms with van der Waals surface area (Å²) in [6.07, 6.45) is 3.87. The van der Waals surface area contributed by atoms with E-state index in [4.69, 9.17) is 4.52 Å². The van der Waals surface area contributed by atoms with E-state index in [0.29, 0.717) is 11.8 Å². The minimum atomic E-state index is 0.297. The second-order valence-electron chi connectivity index (χ2n) is 6.12. The summed E-state index contributed by atoms with van der Waals surface area (Å²) in [4.78, 5) is 18.2. The zero-order valence-corrected chi connectivity index (χ0v) is 14.4. The first-order valence-corrected chi connectivity index (χ1v) is 8.71. The van der Waals surface area contributed by atoms with Gasteiger partial charge in [0.2, 0.25) is 5.89 Å². The van der Waals surface area contributed by atoms with E-state index in [9.17, 15) is 0 Å². The van der Waals surface area contributed by atoms with Crippen LogP contribution in [0.5, 0.6) is 0 Å². The number of anilines is 1. The number of thiophene rings is 1. The van der Waals surface area contributed by atoms with Crippen molar-refractivity contribution in [1.82, 2.24) is 20.1 Å². The van der Waals surface area contributed by atoms with E-state index in [-0.39, 0.29) is 0 Å². The third kappa shape index (κ3) is 2.49. The van der Waals surface area contributed by atoms with Crippen molar-refractivity contribution in [2.24, 2.45) is 0 Å². The van der Waals surface area contributed by atoms with Crippen LogP contribution in [-0.4, -0.2) is 33.2 Å². The number of aromatic nitrogens is 4. The van der Waals surface area contributed by atoms with Gasteiger partial charge in [0.1, 0.15) is 17.0 Å². The van der Waals surface area contributed by atoms with Gasteiger partial charge in [-0.3, -0.25) is 0 Å². The first kappa shape index (κ1) is 14.6. The number of hydrogen-bond donors (Lipinski definition) is 0. The van der Waals surface area contributed by atoms with Crippen LogP contribution in [0, 0.1) is 20.8 Å². The zero-order valence-electron chi connectivity index (χ0n) is 13.5. The van der Waals surface area contributed by atoms with Gasteiger partial charge < -0.3 is 9.42 Å². The van der Waals surface area contributed by atoms with Gasteiger partial charge >= 0.3 is 0 Å². The molecule has 1 aliphatic heterocycles. The largest absolute Gasteiger partial charge is 0.355 e. The lowest BCUT2D eigenvalue weighted by Crippen LogP contribution is -2.35. The second kappa shape index (κ2) is 5.56. The molecular weight excluding hydrogens is 310 g/mol. The zero-order chi connectivity index (χ0) is 16.0. The Morgan fingerprint density at radius 2 is 2.13 bits per heavy atom. The average Bonchev–Trinajstić information content (AvgIpc) is 3.12. The molecule has 1 fully saturated rings. The summed E-state index contributed by atoms with van der Waals surface area (Å²) in [7, 11) is 0. The second-order valence-corrected chi connectivity index (χ2v) is 7.32. The smallest absolute Gasteiger partial charge is 0.223 e. The van der Waals surface area contributed by atoms with Crippen molar-refractivity contribution >= 4 is 27.4 Å². The third-order valence-corrected chi connectivity index (χ3v) is 5.69. The van der Waals surface area contributed by atoms with E-state index in [1.807, 2.05) is 6.92 Å². The highest BCUT2D eigenvalue weighted by molar-refractivity contribution is 7.18. The van der Waals surface area contributed by atoms with E-state index in [1.165, 1.54) is 15.8 Å². The van der Waals surface area contributed by atoms with Crippen molar-refractivity contribution < 1.29 is 4.52 Å². The molecule has 0 aliphatic carbocycles. The van der Waals surface area contributed by atoms with Crippen molar-refractivity contribution in [3.05, 3.63) is 28.5 Å². The van der Waals surface area contributed by atoms with Gasteiger partial charge in [0, 0.05) is 30.8 Å². The summed E-state index contributed by atoms with van der Waals surface area (Å²) in [6.45, 7) is 8.02. The van der Waals surface area contributed by atoms with Gasteiger partial charge in [0.15, 0.2) is 5.82 Å². The van der Waals surface area contributed by atoms with E-state index < -0.39 is 0 Å². The molecule has 0 saturated carbocycles. The third-order valence-electron chi connectivity index (χ3n) is 4.57. The standard InChI is InChI=1S/C16H19N5OS/c1-9-10(2)23-16-13(9)15(17-8-18-16)21-6-4-5-12(7-21)14-19-11(3)22-20-14/h8,12H,4-7H2,1-3H3. The molecule has 120 valence electrons. The van der Waals surface area contributed by atoms with Crippen LogP contribution in [0.15, 0.2) is 10.9 Å².